The molecular weight excluding hydrogens is 444 g/mol. The lowest BCUT2D eigenvalue weighted by Gasteiger charge is -2.29. The van der Waals surface area contributed by atoms with Crippen molar-refractivity contribution in [3.8, 4) is 11.5 Å². The van der Waals surface area contributed by atoms with Crippen molar-refractivity contribution in [2.75, 3.05) is 17.1 Å². The number of methoxy groups -OCH3 is 1. The van der Waals surface area contributed by atoms with Gasteiger partial charge in [0.1, 0.15) is 5.92 Å². The maximum atomic E-state index is 13.9. The first-order chi connectivity index (χ1) is 17.1. The Kier molecular flexibility index (Phi) is 4.93. The number of carbonyl (C=O) groups is 2. The first kappa shape index (κ1) is 21.2. The molecule has 6 rings (SSSR count). The van der Waals surface area contributed by atoms with Gasteiger partial charge < -0.3 is 9.84 Å². The zero-order valence-corrected chi connectivity index (χ0v) is 18.9. The number of amides is 2. The Hall–Kier alpha value is -4.36. The van der Waals surface area contributed by atoms with Gasteiger partial charge in [-0.15, -0.1) is 0 Å². The molecule has 0 aliphatic carbocycles. The summed E-state index contributed by atoms with van der Waals surface area (Å²) in [6.07, 6.45) is -0.980. The van der Waals surface area contributed by atoms with Crippen LogP contribution < -0.4 is 14.7 Å². The van der Waals surface area contributed by atoms with Gasteiger partial charge in [-0.25, -0.2) is 9.96 Å². The monoisotopic (exact) mass is 466 g/mol. The molecule has 2 heterocycles. The molecule has 4 aromatic carbocycles. The third kappa shape index (κ3) is 3.24. The topological polar surface area (TPSA) is 79.3 Å². The number of hydroxylamine groups is 1. The molecule has 2 amide bonds. The normalized spacial score (nSPS) is 21.6. The Balaban J connectivity index is 1.48. The van der Waals surface area contributed by atoms with Crippen molar-refractivity contribution in [1.29, 1.82) is 0 Å². The van der Waals surface area contributed by atoms with Crippen molar-refractivity contribution in [2.24, 2.45) is 5.92 Å². The highest BCUT2D eigenvalue weighted by Gasteiger charge is 2.60. The fraction of sp³-hybridized carbons (Fsp3) is 0.143. The van der Waals surface area contributed by atoms with Gasteiger partial charge >= 0.3 is 0 Å². The number of benzene rings is 4. The summed E-state index contributed by atoms with van der Waals surface area (Å²) in [7, 11) is 1.47. The molecule has 0 aromatic heterocycles. The summed E-state index contributed by atoms with van der Waals surface area (Å²) in [6.45, 7) is 0. The van der Waals surface area contributed by atoms with Gasteiger partial charge in [-0.05, 0) is 41.3 Å². The molecule has 2 aliphatic rings. The summed E-state index contributed by atoms with van der Waals surface area (Å²) in [4.78, 5) is 35.1. The average Bonchev–Trinajstić information content (AvgIpc) is 3.40. The SMILES string of the molecule is COc1cc([C@@H]2[C@H]3C(=O)N(c4cccc5ccccc45)C(=O)[C@H]3ON2c2ccccc2)ccc1O. The van der Waals surface area contributed by atoms with E-state index in [1.165, 1.54) is 18.1 Å². The summed E-state index contributed by atoms with van der Waals surface area (Å²) in [5, 5.41) is 13.5. The van der Waals surface area contributed by atoms with Gasteiger partial charge in [-0.2, -0.15) is 0 Å². The standard InChI is InChI=1S/C28H22N2O5/c1-34-23-16-18(14-15-22(23)31)25-24-26(35-30(25)19-10-3-2-4-11-19)28(33)29(27(24)32)21-13-7-9-17-8-5-6-12-20(17)21/h2-16,24-26,31H,1H3/t24-,25-,26+/m1/s1. The van der Waals surface area contributed by atoms with E-state index in [0.717, 1.165) is 16.5 Å². The first-order valence-corrected chi connectivity index (χ1v) is 11.3. The molecule has 0 spiro atoms. The summed E-state index contributed by atoms with van der Waals surface area (Å²) >= 11 is 0. The number of ether oxygens (including phenoxy) is 1. The lowest BCUT2D eigenvalue weighted by molar-refractivity contribution is -0.126. The second-order valence-electron chi connectivity index (χ2n) is 8.60. The van der Waals surface area contributed by atoms with Gasteiger partial charge in [-0.1, -0.05) is 60.7 Å². The number of carbonyl (C=O) groups excluding carboxylic acids is 2. The molecule has 2 aliphatic heterocycles. The third-order valence-corrected chi connectivity index (χ3v) is 6.68. The van der Waals surface area contributed by atoms with Crippen molar-refractivity contribution < 1.29 is 24.3 Å². The predicted octanol–water partition coefficient (Wildman–Crippen LogP) is 4.61. The number of rotatable bonds is 4. The lowest BCUT2D eigenvalue weighted by Crippen LogP contribution is -2.37. The van der Waals surface area contributed by atoms with E-state index in [9.17, 15) is 14.7 Å². The van der Waals surface area contributed by atoms with Gasteiger partial charge in [0.2, 0.25) is 5.91 Å². The molecule has 0 unspecified atom stereocenters. The highest BCUT2D eigenvalue weighted by molar-refractivity contribution is 6.26. The highest BCUT2D eigenvalue weighted by Crippen LogP contribution is 2.49. The number of aromatic hydroxyl groups is 1. The van der Waals surface area contributed by atoms with Crippen molar-refractivity contribution in [2.45, 2.75) is 12.1 Å². The van der Waals surface area contributed by atoms with Crippen molar-refractivity contribution >= 4 is 34.0 Å². The molecule has 0 radical (unpaired) electrons. The Labute approximate surface area is 201 Å². The molecule has 1 N–H and O–H groups in total. The van der Waals surface area contributed by atoms with E-state index in [2.05, 4.69) is 0 Å². The van der Waals surface area contributed by atoms with Crippen LogP contribution in [0.4, 0.5) is 11.4 Å². The number of phenolic OH excluding ortho intramolecular Hbond substituents is 1. The minimum atomic E-state index is -0.980. The fourth-order valence-electron chi connectivity index (χ4n) is 5.07. The van der Waals surface area contributed by atoms with E-state index >= 15 is 0 Å². The molecule has 174 valence electrons. The van der Waals surface area contributed by atoms with E-state index in [4.69, 9.17) is 9.57 Å². The van der Waals surface area contributed by atoms with Crippen LogP contribution in [0.1, 0.15) is 11.6 Å². The molecule has 7 heteroatoms. The van der Waals surface area contributed by atoms with Crippen molar-refractivity contribution in [3.63, 3.8) is 0 Å². The van der Waals surface area contributed by atoms with Crippen LogP contribution in [0.5, 0.6) is 11.5 Å². The summed E-state index contributed by atoms with van der Waals surface area (Å²) in [6, 6.07) is 26.9. The Morgan fingerprint density at radius 2 is 1.60 bits per heavy atom. The summed E-state index contributed by atoms with van der Waals surface area (Å²) < 4.78 is 5.31. The number of para-hydroxylation sites is 1. The van der Waals surface area contributed by atoms with E-state index in [0.29, 0.717) is 11.3 Å². The molecule has 7 nitrogen and oxygen atoms in total. The number of fused-ring (bicyclic) bond motifs is 2. The van der Waals surface area contributed by atoms with Gasteiger partial charge in [-0.3, -0.25) is 14.4 Å². The van der Waals surface area contributed by atoms with Crippen molar-refractivity contribution in [1.82, 2.24) is 0 Å². The predicted molar refractivity (Wildman–Crippen MR) is 131 cm³/mol. The largest absolute Gasteiger partial charge is 0.504 e. The van der Waals surface area contributed by atoms with Crippen LogP contribution in [0, 0.1) is 5.92 Å². The zero-order valence-electron chi connectivity index (χ0n) is 18.9. The third-order valence-electron chi connectivity index (χ3n) is 6.68. The highest BCUT2D eigenvalue weighted by atomic mass is 16.7. The number of imide groups is 1. The number of hydrogen-bond acceptors (Lipinski definition) is 6. The summed E-state index contributed by atoms with van der Waals surface area (Å²) in [5.41, 5.74) is 1.96. The van der Waals surface area contributed by atoms with Gasteiger partial charge in [0.15, 0.2) is 17.6 Å². The smallest absolute Gasteiger partial charge is 0.266 e. The van der Waals surface area contributed by atoms with E-state index in [1.807, 2.05) is 66.7 Å². The molecule has 2 saturated heterocycles. The molecule has 4 aromatic rings. The second-order valence-corrected chi connectivity index (χ2v) is 8.60. The van der Waals surface area contributed by atoms with Crippen LogP contribution >= 0.6 is 0 Å². The molecule has 2 fully saturated rings. The molecule has 3 atom stereocenters. The van der Waals surface area contributed by atoms with E-state index < -0.39 is 24.0 Å². The van der Waals surface area contributed by atoms with Crippen LogP contribution in [0.2, 0.25) is 0 Å². The van der Waals surface area contributed by atoms with Crippen molar-refractivity contribution in [3.05, 3.63) is 96.6 Å². The minimum Gasteiger partial charge on any atom is -0.504 e. The van der Waals surface area contributed by atoms with Crippen LogP contribution in [-0.2, 0) is 14.4 Å². The van der Waals surface area contributed by atoms with Crippen LogP contribution in [0.3, 0.4) is 0 Å². The zero-order chi connectivity index (χ0) is 24.1. The quantitative estimate of drug-likeness (QED) is 0.443. The maximum absolute atomic E-state index is 13.9. The minimum absolute atomic E-state index is 0.0100. The fourth-order valence-corrected chi connectivity index (χ4v) is 5.07. The maximum Gasteiger partial charge on any atom is 0.266 e. The number of nitrogens with zero attached hydrogens (tertiary/aromatic N) is 2. The summed E-state index contributed by atoms with van der Waals surface area (Å²) in [5.74, 6) is -1.24. The lowest BCUT2D eigenvalue weighted by atomic mass is 9.90. The number of phenols is 1. The Morgan fingerprint density at radius 3 is 2.40 bits per heavy atom. The van der Waals surface area contributed by atoms with Crippen LogP contribution in [-0.4, -0.2) is 30.1 Å². The van der Waals surface area contributed by atoms with E-state index in [1.54, 1.807) is 23.3 Å². The van der Waals surface area contributed by atoms with E-state index in [-0.39, 0.29) is 17.4 Å². The molecule has 0 bridgehead atoms. The molecule has 35 heavy (non-hydrogen) atoms. The van der Waals surface area contributed by atoms with Gasteiger partial charge in [0.25, 0.3) is 5.91 Å². The van der Waals surface area contributed by atoms with Crippen LogP contribution in [0.15, 0.2) is 91.0 Å². The molecular formula is C28H22N2O5. The molecule has 0 saturated carbocycles. The van der Waals surface area contributed by atoms with Crippen LogP contribution in [0.25, 0.3) is 10.8 Å². The first-order valence-electron chi connectivity index (χ1n) is 11.3. The number of hydrogen-bond donors (Lipinski definition) is 1. The second kappa shape index (κ2) is 8.14. The average molecular weight is 466 g/mol. The van der Waals surface area contributed by atoms with Gasteiger partial charge in [0, 0.05) is 5.39 Å². The van der Waals surface area contributed by atoms with Gasteiger partial charge in [0.05, 0.1) is 24.5 Å². The Morgan fingerprint density at radius 1 is 0.857 bits per heavy atom. The number of anilines is 2. The Bertz CT molecular complexity index is 1450.